The molecular formula is C21H21N3O6S2. The molecule has 0 bridgehead atoms. The van der Waals surface area contributed by atoms with Crippen LogP contribution in [0.5, 0.6) is 0 Å². The highest BCUT2D eigenvalue weighted by Gasteiger charge is 2.36. The van der Waals surface area contributed by atoms with Gasteiger partial charge in [0.05, 0.1) is 34.9 Å². The van der Waals surface area contributed by atoms with E-state index in [0.29, 0.717) is 22.5 Å². The SMILES string of the molecule is CCOC(=O)c1nn(-c2ccc(CNS(C)(=O)=O)cc2)c2c1CS(=O)(=O)c1ccccc1-2. The third kappa shape index (κ3) is 4.18. The van der Waals surface area contributed by atoms with Gasteiger partial charge < -0.3 is 4.74 Å². The molecule has 1 aliphatic heterocycles. The van der Waals surface area contributed by atoms with Crippen molar-refractivity contribution in [2.45, 2.75) is 24.1 Å². The molecule has 0 fully saturated rings. The Morgan fingerprint density at radius 3 is 2.50 bits per heavy atom. The number of ether oxygens (including phenoxy) is 1. The van der Waals surface area contributed by atoms with Gasteiger partial charge in [0.2, 0.25) is 10.0 Å². The van der Waals surface area contributed by atoms with Crippen LogP contribution in [-0.2, 0) is 36.9 Å². The first-order valence-electron chi connectivity index (χ1n) is 9.76. The number of hydrogen-bond donors (Lipinski definition) is 1. The first kappa shape index (κ1) is 22.2. The van der Waals surface area contributed by atoms with Gasteiger partial charge in [-0.3, -0.25) is 0 Å². The maximum Gasteiger partial charge on any atom is 0.359 e. The van der Waals surface area contributed by atoms with E-state index in [4.69, 9.17) is 4.74 Å². The van der Waals surface area contributed by atoms with Gasteiger partial charge in [-0.15, -0.1) is 0 Å². The molecule has 0 saturated heterocycles. The second-order valence-corrected chi connectivity index (χ2v) is 11.1. The van der Waals surface area contributed by atoms with E-state index in [1.54, 1.807) is 49.4 Å². The summed E-state index contributed by atoms with van der Waals surface area (Å²) in [6, 6.07) is 13.5. The first-order chi connectivity index (χ1) is 15.1. The second kappa shape index (κ2) is 8.15. The van der Waals surface area contributed by atoms with Gasteiger partial charge in [-0.2, -0.15) is 5.10 Å². The first-order valence-corrected chi connectivity index (χ1v) is 13.3. The lowest BCUT2D eigenvalue weighted by atomic mass is 10.1. The molecule has 4 rings (SSSR count). The van der Waals surface area contributed by atoms with E-state index in [-0.39, 0.29) is 29.5 Å². The minimum atomic E-state index is -3.65. The Bertz CT molecular complexity index is 1410. The van der Waals surface area contributed by atoms with Crippen molar-refractivity contribution in [3.05, 3.63) is 65.4 Å². The average molecular weight is 476 g/mol. The van der Waals surface area contributed by atoms with Gasteiger partial charge >= 0.3 is 5.97 Å². The molecule has 3 aromatic rings. The maximum atomic E-state index is 12.9. The van der Waals surface area contributed by atoms with Crippen LogP contribution in [0.1, 0.15) is 28.5 Å². The van der Waals surface area contributed by atoms with E-state index in [9.17, 15) is 21.6 Å². The second-order valence-electron chi connectivity index (χ2n) is 7.32. The fourth-order valence-electron chi connectivity index (χ4n) is 3.58. The summed E-state index contributed by atoms with van der Waals surface area (Å²) in [6.45, 7) is 1.92. The quantitative estimate of drug-likeness (QED) is 0.541. The highest BCUT2D eigenvalue weighted by molar-refractivity contribution is 7.91. The topological polar surface area (TPSA) is 124 Å². The van der Waals surface area contributed by atoms with Crippen molar-refractivity contribution in [2.75, 3.05) is 12.9 Å². The summed E-state index contributed by atoms with van der Waals surface area (Å²) >= 11 is 0. The largest absolute Gasteiger partial charge is 0.461 e. The van der Waals surface area contributed by atoms with Crippen molar-refractivity contribution in [3.63, 3.8) is 0 Å². The zero-order valence-corrected chi connectivity index (χ0v) is 19.0. The van der Waals surface area contributed by atoms with Crippen molar-refractivity contribution >= 4 is 25.8 Å². The molecule has 2 aromatic carbocycles. The van der Waals surface area contributed by atoms with Crippen LogP contribution in [0, 0.1) is 0 Å². The molecule has 2 heterocycles. The number of rotatable bonds is 6. The molecule has 32 heavy (non-hydrogen) atoms. The smallest absolute Gasteiger partial charge is 0.359 e. The zero-order valence-electron chi connectivity index (χ0n) is 17.4. The van der Waals surface area contributed by atoms with Gasteiger partial charge in [-0.25, -0.2) is 31.0 Å². The van der Waals surface area contributed by atoms with Crippen LogP contribution in [0.3, 0.4) is 0 Å². The van der Waals surface area contributed by atoms with Crippen molar-refractivity contribution < 1.29 is 26.4 Å². The van der Waals surface area contributed by atoms with Gasteiger partial charge in [0.1, 0.15) is 0 Å². The number of fused-ring (bicyclic) bond motifs is 3. The van der Waals surface area contributed by atoms with Crippen molar-refractivity contribution in [1.82, 2.24) is 14.5 Å². The molecule has 0 unspecified atom stereocenters. The van der Waals surface area contributed by atoms with Crippen LogP contribution >= 0.6 is 0 Å². The molecule has 0 radical (unpaired) electrons. The highest BCUT2D eigenvalue weighted by atomic mass is 32.2. The highest BCUT2D eigenvalue weighted by Crippen LogP contribution is 2.40. The normalized spacial score (nSPS) is 14.4. The molecule has 1 aromatic heterocycles. The number of sulfone groups is 1. The fourth-order valence-corrected chi connectivity index (χ4v) is 5.61. The molecule has 11 heteroatoms. The molecule has 0 saturated carbocycles. The van der Waals surface area contributed by atoms with Gasteiger partial charge in [-0.05, 0) is 30.7 Å². The summed E-state index contributed by atoms with van der Waals surface area (Å²) < 4.78 is 57.4. The van der Waals surface area contributed by atoms with E-state index in [1.165, 1.54) is 10.7 Å². The molecular weight excluding hydrogens is 454 g/mol. The Hall–Kier alpha value is -3.02. The number of hydrogen-bond acceptors (Lipinski definition) is 7. The van der Waals surface area contributed by atoms with Gasteiger partial charge in [-0.1, -0.05) is 30.3 Å². The third-order valence-electron chi connectivity index (χ3n) is 4.98. The molecule has 168 valence electrons. The number of carbonyl (C=O) groups excluding carboxylic acids is 1. The summed E-state index contributed by atoms with van der Waals surface area (Å²) in [5.74, 6) is -1.05. The number of esters is 1. The Kier molecular flexibility index (Phi) is 5.65. The van der Waals surface area contributed by atoms with E-state index < -0.39 is 25.8 Å². The molecule has 1 N–H and O–H groups in total. The van der Waals surface area contributed by atoms with Crippen LogP contribution in [-0.4, -0.2) is 45.4 Å². The number of sulfonamides is 1. The summed E-state index contributed by atoms with van der Waals surface area (Å²) in [6.07, 6.45) is 1.08. The summed E-state index contributed by atoms with van der Waals surface area (Å²) in [7, 11) is -6.98. The maximum absolute atomic E-state index is 12.9. The minimum Gasteiger partial charge on any atom is -0.461 e. The Labute approximate surface area is 186 Å². The molecule has 0 spiro atoms. The minimum absolute atomic E-state index is 0.0391. The van der Waals surface area contributed by atoms with Crippen molar-refractivity contribution in [2.24, 2.45) is 0 Å². The molecule has 0 atom stereocenters. The van der Waals surface area contributed by atoms with Crippen molar-refractivity contribution in [3.8, 4) is 16.9 Å². The van der Waals surface area contributed by atoms with Gasteiger partial charge in [0.25, 0.3) is 0 Å². The zero-order chi connectivity index (χ0) is 23.1. The summed E-state index contributed by atoms with van der Waals surface area (Å²) in [5.41, 5.74) is 2.55. The van der Waals surface area contributed by atoms with E-state index >= 15 is 0 Å². The number of carbonyl (C=O) groups is 1. The number of nitrogens with one attached hydrogen (secondary N) is 1. The van der Waals surface area contributed by atoms with Gasteiger partial charge in [0, 0.05) is 17.7 Å². The standard InChI is InChI=1S/C21H21N3O6S2/c1-3-30-21(25)19-17-13-32(28,29)18-7-5-4-6-16(18)20(17)24(23-19)15-10-8-14(9-11-15)12-22-31(2,26)27/h4-11,22H,3,12-13H2,1-2H3. The molecule has 1 aliphatic rings. The van der Waals surface area contributed by atoms with Gasteiger partial charge in [0.15, 0.2) is 15.5 Å². The Morgan fingerprint density at radius 1 is 1.16 bits per heavy atom. The molecule has 0 amide bonds. The summed E-state index contributed by atoms with van der Waals surface area (Å²) in [5, 5.41) is 4.43. The monoisotopic (exact) mass is 475 g/mol. The number of nitrogens with zero attached hydrogens (tertiary/aromatic N) is 2. The van der Waals surface area contributed by atoms with Crippen LogP contribution < -0.4 is 4.72 Å². The fraction of sp³-hybridized carbons (Fsp3) is 0.238. The number of benzene rings is 2. The molecule has 0 aliphatic carbocycles. The Balaban J connectivity index is 1.85. The van der Waals surface area contributed by atoms with Crippen molar-refractivity contribution in [1.29, 1.82) is 0 Å². The number of aromatic nitrogens is 2. The van der Waals surface area contributed by atoms with Crippen LogP contribution in [0.4, 0.5) is 0 Å². The lowest BCUT2D eigenvalue weighted by Crippen LogP contribution is -2.21. The lowest BCUT2D eigenvalue weighted by Gasteiger charge is -2.19. The van der Waals surface area contributed by atoms with Crippen LogP contribution in [0.2, 0.25) is 0 Å². The predicted molar refractivity (Wildman–Crippen MR) is 118 cm³/mol. The predicted octanol–water partition coefficient (Wildman–Crippen LogP) is 2.05. The summed E-state index contributed by atoms with van der Waals surface area (Å²) in [4.78, 5) is 12.7. The Morgan fingerprint density at radius 2 is 1.84 bits per heavy atom. The lowest BCUT2D eigenvalue weighted by molar-refractivity contribution is 0.0518. The molecule has 9 nitrogen and oxygen atoms in total. The third-order valence-corrected chi connectivity index (χ3v) is 7.35. The van der Waals surface area contributed by atoms with Crippen LogP contribution in [0.25, 0.3) is 16.9 Å². The van der Waals surface area contributed by atoms with Crippen LogP contribution in [0.15, 0.2) is 53.4 Å². The van der Waals surface area contributed by atoms with E-state index in [1.807, 2.05) is 0 Å². The van der Waals surface area contributed by atoms with E-state index in [2.05, 4.69) is 9.82 Å². The van der Waals surface area contributed by atoms with E-state index in [0.717, 1.165) is 11.8 Å². The average Bonchev–Trinajstić information content (AvgIpc) is 3.11.